The van der Waals surface area contributed by atoms with Gasteiger partial charge >= 0.3 is 5.97 Å². The molecule has 0 N–H and O–H groups in total. The smallest absolute Gasteiger partial charge is 0.374 e. The number of nitrogens with zero attached hydrogens (tertiary/aromatic N) is 1. The summed E-state index contributed by atoms with van der Waals surface area (Å²) in [4.78, 5) is 15.7. The summed E-state index contributed by atoms with van der Waals surface area (Å²) in [6.45, 7) is 6.63. The average Bonchev–Trinajstić information content (AvgIpc) is 2.85. The van der Waals surface area contributed by atoms with E-state index in [-0.39, 0.29) is 11.7 Å². The minimum atomic E-state index is -1.50. The van der Waals surface area contributed by atoms with E-state index < -0.39 is 14.0 Å². The number of furan rings is 1. The van der Waals surface area contributed by atoms with Crippen molar-refractivity contribution < 1.29 is 18.7 Å². The molecule has 0 radical (unpaired) electrons. The summed E-state index contributed by atoms with van der Waals surface area (Å²) >= 11 is 0. The molecule has 2 aromatic heterocycles. The minimum Gasteiger partial charge on any atom is -0.463 e. The molecular formula is C14H17NO4Si. The normalized spacial score (nSPS) is 11.2. The molecule has 2 rings (SSSR count). The van der Waals surface area contributed by atoms with Crippen LogP contribution < -0.4 is 10.1 Å². The van der Waals surface area contributed by atoms with Gasteiger partial charge in [-0.25, -0.2) is 4.79 Å². The molecule has 0 bridgehead atoms. The Morgan fingerprint density at radius 3 is 2.65 bits per heavy atom. The zero-order chi connectivity index (χ0) is 14.8. The highest BCUT2D eigenvalue weighted by Gasteiger charge is 2.19. The molecule has 2 heterocycles. The molecule has 0 fully saturated rings. The Morgan fingerprint density at radius 2 is 2.00 bits per heavy atom. The maximum Gasteiger partial charge on any atom is 0.374 e. The van der Waals surface area contributed by atoms with Gasteiger partial charge in [0.2, 0.25) is 5.76 Å². The highest BCUT2D eigenvalue weighted by Crippen LogP contribution is 2.23. The van der Waals surface area contributed by atoms with Gasteiger partial charge in [0.25, 0.3) is 5.95 Å². The lowest BCUT2D eigenvalue weighted by molar-refractivity contribution is 0.0560. The quantitative estimate of drug-likeness (QED) is 0.640. The van der Waals surface area contributed by atoms with Crippen LogP contribution in [-0.4, -0.2) is 26.1 Å². The summed E-state index contributed by atoms with van der Waals surface area (Å²) in [5.41, 5.74) is 0. The summed E-state index contributed by atoms with van der Waals surface area (Å²) in [6, 6.07) is 6.76. The second kappa shape index (κ2) is 5.50. The first kappa shape index (κ1) is 14.3. The molecule has 0 aromatic carbocycles. The molecule has 0 aliphatic rings. The Morgan fingerprint density at radius 1 is 1.25 bits per heavy atom. The topological polar surface area (TPSA) is 61.6 Å². The van der Waals surface area contributed by atoms with Crippen molar-refractivity contribution in [2.24, 2.45) is 0 Å². The predicted molar refractivity (Wildman–Crippen MR) is 77.3 cm³/mol. The fourth-order valence-corrected chi connectivity index (χ4v) is 2.62. The lowest BCUT2D eigenvalue weighted by atomic mass is 10.4. The van der Waals surface area contributed by atoms with Crippen molar-refractivity contribution in [3.8, 4) is 11.7 Å². The van der Waals surface area contributed by atoms with Crippen LogP contribution in [0, 0.1) is 0 Å². The van der Waals surface area contributed by atoms with Crippen LogP contribution in [0.1, 0.15) is 10.6 Å². The molecule has 5 nitrogen and oxygen atoms in total. The number of ether oxygens (including phenoxy) is 2. The van der Waals surface area contributed by atoms with E-state index in [0.29, 0.717) is 5.75 Å². The Balaban J connectivity index is 2.18. The second-order valence-corrected chi connectivity index (χ2v) is 10.4. The van der Waals surface area contributed by atoms with Gasteiger partial charge in [-0.3, -0.25) is 4.98 Å². The highest BCUT2D eigenvalue weighted by molar-refractivity contribution is 6.88. The Bertz CT molecular complexity index is 616. The molecule has 0 aliphatic carbocycles. The van der Waals surface area contributed by atoms with Gasteiger partial charge in [-0.15, -0.1) is 0 Å². The second-order valence-electron chi connectivity index (χ2n) is 5.34. The number of hydrogen-bond acceptors (Lipinski definition) is 5. The van der Waals surface area contributed by atoms with Crippen LogP contribution in [0.25, 0.3) is 0 Å². The van der Waals surface area contributed by atoms with E-state index in [1.807, 2.05) is 6.07 Å². The summed E-state index contributed by atoms with van der Waals surface area (Å²) in [6.07, 6.45) is 1.72. The summed E-state index contributed by atoms with van der Waals surface area (Å²) in [5.74, 6) is 0.473. The Kier molecular flexibility index (Phi) is 3.94. The van der Waals surface area contributed by atoms with Crippen molar-refractivity contribution in [1.29, 1.82) is 0 Å². The molecule has 2 aromatic rings. The van der Waals surface area contributed by atoms with Gasteiger partial charge in [-0.05, 0) is 18.2 Å². The summed E-state index contributed by atoms with van der Waals surface area (Å²) < 4.78 is 15.4. The first-order valence-electron chi connectivity index (χ1n) is 6.22. The van der Waals surface area contributed by atoms with Crippen molar-refractivity contribution in [2.75, 3.05) is 7.11 Å². The fraction of sp³-hybridized carbons (Fsp3) is 0.286. The number of rotatable bonds is 4. The lowest BCUT2D eigenvalue weighted by Crippen LogP contribution is -2.39. The van der Waals surface area contributed by atoms with Gasteiger partial charge in [0.05, 0.1) is 7.11 Å². The minimum absolute atomic E-state index is 0.113. The Labute approximate surface area is 118 Å². The van der Waals surface area contributed by atoms with Gasteiger partial charge < -0.3 is 13.9 Å². The lowest BCUT2D eigenvalue weighted by Gasteiger charge is -2.15. The number of hydrogen-bond donors (Lipinski definition) is 0. The number of esters is 1. The fourth-order valence-electron chi connectivity index (χ4n) is 1.59. The van der Waals surface area contributed by atoms with Crippen LogP contribution in [0.4, 0.5) is 0 Å². The third kappa shape index (κ3) is 3.27. The molecule has 0 aliphatic heterocycles. The van der Waals surface area contributed by atoms with Gasteiger partial charge in [0.1, 0.15) is 13.8 Å². The number of carbonyl (C=O) groups excluding carboxylic acids is 1. The first-order chi connectivity index (χ1) is 9.40. The van der Waals surface area contributed by atoms with Gasteiger partial charge in [-0.1, -0.05) is 19.6 Å². The maximum atomic E-state index is 11.3. The Hall–Kier alpha value is -2.08. The van der Waals surface area contributed by atoms with Crippen molar-refractivity contribution in [2.45, 2.75) is 19.6 Å². The molecule has 0 amide bonds. The largest absolute Gasteiger partial charge is 0.463 e. The summed E-state index contributed by atoms with van der Waals surface area (Å²) in [5, 5.41) is 1.05. The van der Waals surface area contributed by atoms with Crippen molar-refractivity contribution in [1.82, 2.24) is 4.98 Å². The SMILES string of the molecule is COC(=O)c1ccc(Oc2ccnc([Si](C)(C)C)c2)o1. The van der Waals surface area contributed by atoms with Gasteiger partial charge in [-0.2, -0.15) is 0 Å². The van der Waals surface area contributed by atoms with E-state index >= 15 is 0 Å². The van der Waals surface area contributed by atoms with E-state index in [0.717, 1.165) is 5.32 Å². The van der Waals surface area contributed by atoms with Gasteiger partial charge in [0, 0.05) is 17.6 Å². The zero-order valence-corrected chi connectivity index (χ0v) is 13.0. The molecule has 0 spiro atoms. The van der Waals surface area contributed by atoms with E-state index in [9.17, 15) is 4.79 Å². The average molecular weight is 291 g/mol. The van der Waals surface area contributed by atoms with Gasteiger partial charge in [0.15, 0.2) is 0 Å². The third-order valence-electron chi connectivity index (χ3n) is 2.69. The molecule has 6 heteroatoms. The summed E-state index contributed by atoms with van der Waals surface area (Å²) in [7, 11) is -0.196. The van der Waals surface area contributed by atoms with Crippen molar-refractivity contribution >= 4 is 19.4 Å². The first-order valence-corrected chi connectivity index (χ1v) is 9.72. The van der Waals surface area contributed by atoms with E-state index in [1.54, 1.807) is 18.3 Å². The van der Waals surface area contributed by atoms with E-state index in [1.165, 1.54) is 13.2 Å². The van der Waals surface area contributed by atoms with Crippen LogP contribution in [0.15, 0.2) is 34.9 Å². The predicted octanol–water partition coefficient (Wildman–Crippen LogP) is 2.80. The van der Waals surface area contributed by atoms with Crippen molar-refractivity contribution in [3.63, 3.8) is 0 Å². The van der Waals surface area contributed by atoms with Crippen LogP contribution in [0.2, 0.25) is 19.6 Å². The molecule has 0 unspecified atom stereocenters. The maximum absolute atomic E-state index is 11.3. The number of pyridine rings is 1. The monoisotopic (exact) mass is 291 g/mol. The molecule has 0 atom stereocenters. The molecule has 20 heavy (non-hydrogen) atoms. The molecule has 106 valence electrons. The molecule has 0 saturated carbocycles. The van der Waals surface area contributed by atoms with Crippen LogP contribution >= 0.6 is 0 Å². The number of carbonyl (C=O) groups is 1. The molecule has 0 saturated heterocycles. The molecular weight excluding hydrogens is 274 g/mol. The number of methoxy groups -OCH3 is 1. The zero-order valence-electron chi connectivity index (χ0n) is 12.0. The van der Waals surface area contributed by atoms with Crippen LogP contribution in [-0.2, 0) is 4.74 Å². The van der Waals surface area contributed by atoms with Crippen LogP contribution in [0.5, 0.6) is 11.7 Å². The standard InChI is InChI=1S/C14H17NO4Si/c1-17-14(16)11-5-6-13(19-11)18-10-7-8-15-12(9-10)20(2,3)4/h5-9H,1-4H3. The van der Waals surface area contributed by atoms with E-state index in [2.05, 4.69) is 29.4 Å². The highest BCUT2D eigenvalue weighted by atomic mass is 28.3. The van der Waals surface area contributed by atoms with Crippen molar-refractivity contribution in [3.05, 3.63) is 36.2 Å². The van der Waals surface area contributed by atoms with Crippen LogP contribution in [0.3, 0.4) is 0 Å². The van der Waals surface area contributed by atoms with E-state index in [4.69, 9.17) is 9.15 Å². The number of aromatic nitrogens is 1. The third-order valence-corrected chi connectivity index (χ3v) is 4.50.